The number of sulfonamides is 1. The lowest BCUT2D eigenvalue weighted by atomic mass is 10.1. The van der Waals surface area contributed by atoms with Crippen molar-refractivity contribution in [2.45, 2.75) is 43.8 Å². The standard InChI is InChI=1S/C25H34N2O5S/c1-20-18-27(19-21(2)32-20)33(29,30)24-13-7-12-23(17-24)25(28)26(15-16-31-3)14-8-11-22-9-5-4-6-10-22/h4-7,9-10,12-13,17,20-21H,8,11,14-16,18-19H2,1-3H3. The van der Waals surface area contributed by atoms with E-state index in [4.69, 9.17) is 9.47 Å². The molecule has 1 aliphatic heterocycles. The van der Waals surface area contributed by atoms with Gasteiger partial charge in [0, 0.05) is 38.9 Å². The van der Waals surface area contributed by atoms with Gasteiger partial charge in [0.15, 0.2) is 0 Å². The Morgan fingerprint density at radius 1 is 1.06 bits per heavy atom. The summed E-state index contributed by atoms with van der Waals surface area (Å²) in [7, 11) is -2.12. The third-order valence-electron chi connectivity index (χ3n) is 5.69. The summed E-state index contributed by atoms with van der Waals surface area (Å²) in [4.78, 5) is 15.2. The van der Waals surface area contributed by atoms with Gasteiger partial charge >= 0.3 is 0 Å². The highest BCUT2D eigenvalue weighted by Crippen LogP contribution is 2.22. The molecule has 8 heteroatoms. The fourth-order valence-corrected chi connectivity index (χ4v) is 5.72. The van der Waals surface area contributed by atoms with Crippen molar-refractivity contribution in [3.63, 3.8) is 0 Å². The maximum atomic E-state index is 13.3. The molecule has 33 heavy (non-hydrogen) atoms. The van der Waals surface area contributed by atoms with E-state index in [1.165, 1.54) is 15.9 Å². The minimum Gasteiger partial charge on any atom is -0.383 e. The molecule has 0 bridgehead atoms. The number of carbonyl (C=O) groups is 1. The van der Waals surface area contributed by atoms with E-state index in [1.54, 1.807) is 30.2 Å². The molecule has 7 nitrogen and oxygen atoms in total. The predicted octanol–water partition coefficient (Wildman–Crippen LogP) is 3.21. The minimum atomic E-state index is -3.72. The molecule has 2 aromatic carbocycles. The van der Waals surface area contributed by atoms with E-state index in [9.17, 15) is 13.2 Å². The van der Waals surface area contributed by atoms with Gasteiger partial charge in [-0.3, -0.25) is 4.79 Å². The van der Waals surface area contributed by atoms with Crippen molar-refractivity contribution < 1.29 is 22.7 Å². The largest absolute Gasteiger partial charge is 0.383 e. The summed E-state index contributed by atoms with van der Waals surface area (Å²) in [5.74, 6) is -0.194. The van der Waals surface area contributed by atoms with Crippen LogP contribution in [0.15, 0.2) is 59.5 Å². The number of rotatable bonds is 10. The average molecular weight is 475 g/mol. The van der Waals surface area contributed by atoms with Crippen molar-refractivity contribution in [1.82, 2.24) is 9.21 Å². The zero-order valence-corrected chi connectivity index (χ0v) is 20.5. The first-order valence-corrected chi connectivity index (χ1v) is 12.8. The van der Waals surface area contributed by atoms with Gasteiger partial charge in [0.2, 0.25) is 10.0 Å². The number of hydrogen-bond acceptors (Lipinski definition) is 5. The number of ether oxygens (including phenoxy) is 2. The van der Waals surface area contributed by atoms with Gasteiger partial charge in [-0.15, -0.1) is 0 Å². The van der Waals surface area contributed by atoms with Gasteiger partial charge < -0.3 is 14.4 Å². The van der Waals surface area contributed by atoms with Crippen LogP contribution in [0.5, 0.6) is 0 Å². The topological polar surface area (TPSA) is 76.2 Å². The van der Waals surface area contributed by atoms with Crippen molar-refractivity contribution in [1.29, 1.82) is 0 Å². The second-order valence-electron chi connectivity index (χ2n) is 8.48. The first kappa shape index (κ1) is 25.4. The summed E-state index contributed by atoms with van der Waals surface area (Å²) in [6.45, 7) is 5.74. The number of methoxy groups -OCH3 is 1. The Kier molecular flexibility index (Phi) is 9.02. The highest BCUT2D eigenvalue weighted by molar-refractivity contribution is 7.89. The van der Waals surface area contributed by atoms with Crippen LogP contribution >= 0.6 is 0 Å². The summed E-state index contributed by atoms with van der Waals surface area (Å²) in [5.41, 5.74) is 1.58. The molecule has 1 heterocycles. The van der Waals surface area contributed by atoms with E-state index >= 15 is 0 Å². The van der Waals surface area contributed by atoms with Crippen LogP contribution in [0.4, 0.5) is 0 Å². The Hall–Kier alpha value is -2.26. The van der Waals surface area contributed by atoms with Gasteiger partial charge in [-0.05, 0) is 50.5 Å². The molecule has 1 aliphatic rings. The summed E-state index contributed by atoms with van der Waals surface area (Å²) in [5, 5.41) is 0. The van der Waals surface area contributed by atoms with Gasteiger partial charge in [0.1, 0.15) is 0 Å². The number of aryl methyl sites for hydroxylation is 1. The first-order chi connectivity index (χ1) is 15.8. The fourth-order valence-electron chi connectivity index (χ4n) is 4.08. The molecule has 0 aromatic heterocycles. The second-order valence-corrected chi connectivity index (χ2v) is 10.4. The van der Waals surface area contributed by atoms with Gasteiger partial charge in [0.05, 0.1) is 23.7 Å². The number of benzene rings is 2. The Morgan fingerprint density at radius 2 is 1.76 bits per heavy atom. The SMILES string of the molecule is COCCN(CCCc1ccccc1)C(=O)c1cccc(S(=O)(=O)N2CC(C)OC(C)C2)c1. The van der Waals surface area contributed by atoms with Crippen LogP contribution in [-0.4, -0.2) is 75.6 Å². The van der Waals surface area contributed by atoms with E-state index < -0.39 is 10.0 Å². The van der Waals surface area contributed by atoms with Crippen LogP contribution in [0.1, 0.15) is 36.2 Å². The van der Waals surface area contributed by atoms with Gasteiger partial charge in [-0.1, -0.05) is 36.4 Å². The fraction of sp³-hybridized carbons (Fsp3) is 0.480. The summed E-state index contributed by atoms with van der Waals surface area (Å²) < 4.78 is 38.8. The minimum absolute atomic E-state index is 0.130. The van der Waals surface area contributed by atoms with Crippen molar-refractivity contribution in [2.75, 3.05) is 39.9 Å². The summed E-state index contributed by atoms with van der Waals surface area (Å²) >= 11 is 0. The molecular formula is C25H34N2O5S. The summed E-state index contributed by atoms with van der Waals surface area (Å²) in [6.07, 6.45) is 1.31. The number of amides is 1. The molecule has 3 rings (SSSR count). The molecule has 0 radical (unpaired) electrons. The zero-order chi connectivity index (χ0) is 23.8. The van der Waals surface area contributed by atoms with Gasteiger partial charge in [0.25, 0.3) is 5.91 Å². The van der Waals surface area contributed by atoms with E-state index in [0.29, 0.717) is 38.3 Å². The maximum Gasteiger partial charge on any atom is 0.253 e. The Bertz CT molecular complexity index is 1000. The summed E-state index contributed by atoms with van der Waals surface area (Å²) in [6, 6.07) is 16.5. The molecule has 180 valence electrons. The predicted molar refractivity (Wildman–Crippen MR) is 128 cm³/mol. The smallest absolute Gasteiger partial charge is 0.253 e. The molecule has 1 fully saturated rings. The molecule has 0 saturated carbocycles. The van der Waals surface area contributed by atoms with Crippen molar-refractivity contribution >= 4 is 15.9 Å². The molecule has 1 saturated heterocycles. The van der Waals surface area contributed by atoms with E-state index in [-0.39, 0.29) is 23.0 Å². The first-order valence-electron chi connectivity index (χ1n) is 11.4. The molecule has 1 amide bonds. The second kappa shape index (κ2) is 11.7. The molecule has 0 N–H and O–H groups in total. The number of nitrogens with zero attached hydrogens (tertiary/aromatic N) is 2. The monoisotopic (exact) mass is 474 g/mol. The molecule has 0 spiro atoms. The van der Waals surface area contributed by atoms with Crippen LogP contribution in [0.3, 0.4) is 0 Å². The van der Waals surface area contributed by atoms with Crippen LogP contribution in [0, 0.1) is 0 Å². The van der Waals surface area contributed by atoms with Gasteiger partial charge in [-0.25, -0.2) is 8.42 Å². The van der Waals surface area contributed by atoms with Crippen LogP contribution in [-0.2, 0) is 25.9 Å². The lowest BCUT2D eigenvalue weighted by Crippen LogP contribution is -2.48. The van der Waals surface area contributed by atoms with Crippen LogP contribution in [0.2, 0.25) is 0 Å². The lowest BCUT2D eigenvalue weighted by molar-refractivity contribution is -0.0440. The number of hydrogen-bond donors (Lipinski definition) is 0. The van der Waals surface area contributed by atoms with Crippen LogP contribution < -0.4 is 0 Å². The van der Waals surface area contributed by atoms with Crippen molar-refractivity contribution in [3.8, 4) is 0 Å². The maximum absolute atomic E-state index is 13.3. The molecule has 2 unspecified atom stereocenters. The third-order valence-corrected chi connectivity index (χ3v) is 7.52. The Labute approximate surface area is 197 Å². The van der Waals surface area contributed by atoms with Crippen LogP contribution in [0.25, 0.3) is 0 Å². The molecule has 2 aromatic rings. The third kappa shape index (κ3) is 6.86. The van der Waals surface area contributed by atoms with Crippen molar-refractivity contribution in [2.24, 2.45) is 0 Å². The van der Waals surface area contributed by atoms with Crippen molar-refractivity contribution in [3.05, 3.63) is 65.7 Å². The number of carbonyl (C=O) groups excluding carboxylic acids is 1. The van der Waals surface area contributed by atoms with Gasteiger partial charge in [-0.2, -0.15) is 4.31 Å². The zero-order valence-electron chi connectivity index (χ0n) is 19.6. The molecular weight excluding hydrogens is 440 g/mol. The highest BCUT2D eigenvalue weighted by Gasteiger charge is 2.32. The van der Waals surface area contributed by atoms with E-state index in [1.807, 2.05) is 32.0 Å². The van der Waals surface area contributed by atoms with E-state index in [2.05, 4.69) is 12.1 Å². The Balaban J connectivity index is 1.74. The van der Waals surface area contributed by atoms with E-state index in [0.717, 1.165) is 12.8 Å². The molecule has 2 atom stereocenters. The lowest BCUT2D eigenvalue weighted by Gasteiger charge is -2.34. The normalized spacial score (nSPS) is 19.4. The molecule has 0 aliphatic carbocycles. The highest BCUT2D eigenvalue weighted by atomic mass is 32.2. The Morgan fingerprint density at radius 3 is 2.42 bits per heavy atom. The number of morpholine rings is 1. The quantitative estimate of drug-likeness (QED) is 0.529. The average Bonchev–Trinajstić information content (AvgIpc) is 2.81.